The number of ether oxygens (including phenoxy) is 1. The van der Waals surface area contributed by atoms with Gasteiger partial charge in [-0.3, -0.25) is 0 Å². The van der Waals surface area contributed by atoms with Crippen molar-refractivity contribution in [3.63, 3.8) is 0 Å². The Hall–Kier alpha value is -0.860. The van der Waals surface area contributed by atoms with E-state index < -0.39 is 0 Å². The van der Waals surface area contributed by atoms with Crippen LogP contribution in [-0.4, -0.2) is 25.3 Å². The van der Waals surface area contributed by atoms with E-state index in [9.17, 15) is 0 Å². The fraction of sp³-hybridized carbons (Fsp3) is 0.647. The molecule has 2 nitrogen and oxygen atoms in total. The van der Waals surface area contributed by atoms with Crippen LogP contribution in [0.25, 0.3) is 0 Å². The lowest BCUT2D eigenvalue weighted by atomic mass is 9.93. The van der Waals surface area contributed by atoms with E-state index in [-0.39, 0.29) is 5.60 Å². The number of aryl methyl sites for hydroxylation is 1. The Balaban J connectivity index is 2.68. The zero-order valence-corrected chi connectivity index (χ0v) is 13.1. The van der Waals surface area contributed by atoms with Gasteiger partial charge in [-0.15, -0.1) is 0 Å². The summed E-state index contributed by atoms with van der Waals surface area (Å²) in [4.78, 5) is 0. The van der Waals surface area contributed by atoms with Crippen LogP contribution in [0.5, 0.6) is 0 Å². The quantitative estimate of drug-likeness (QED) is 0.772. The first-order valence-electron chi connectivity index (χ1n) is 7.31. The van der Waals surface area contributed by atoms with Gasteiger partial charge in [0.1, 0.15) is 0 Å². The summed E-state index contributed by atoms with van der Waals surface area (Å²) in [5.41, 5.74) is 2.66. The highest BCUT2D eigenvalue weighted by Gasteiger charge is 2.22. The standard InChI is InChI=1S/C17H29NO/c1-6-10-18-16(13-17(3,4)19-5)12-15-9-7-8-14(2)11-15/h7-9,11,16,18H,6,10,12-13H2,1-5H3. The highest BCUT2D eigenvalue weighted by Crippen LogP contribution is 2.18. The Kier molecular flexibility index (Phi) is 6.53. The third-order valence-corrected chi connectivity index (χ3v) is 3.54. The van der Waals surface area contributed by atoms with E-state index in [4.69, 9.17) is 4.74 Å². The molecule has 0 amide bonds. The van der Waals surface area contributed by atoms with E-state index in [1.54, 1.807) is 7.11 Å². The molecule has 0 fully saturated rings. The maximum atomic E-state index is 5.57. The molecule has 1 unspecified atom stereocenters. The molecule has 0 saturated heterocycles. The van der Waals surface area contributed by atoms with Crippen LogP contribution in [0.2, 0.25) is 0 Å². The van der Waals surface area contributed by atoms with Gasteiger partial charge in [0.15, 0.2) is 0 Å². The molecule has 0 heterocycles. The molecule has 19 heavy (non-hydrogen) atoms. The molecular formula is C17H29NO. The predicted octanol–water partition coefficient (Wildman–Crippen LogP) is 3.72. The Morgan fingerprint density at radius 3 is 2.63 bits per heavy atom. The molecule has 1 N–H and O–H groups in total. The van der Waals surface area contributed by atoms with Crippen LogP contribution < -0.4 is 5.32 Å². The third kappa shape index (κ3) is 6.22. The van der Waals surface area contributed by atoms with Crippen LogP contribution in [0.1, 0.15) is 44.7 Å². The minimum atomic E-state index is -0.0742. The summed E-state index contributed by atoms with van der Waals surface area (Å²) in [5.74, 6) is 0. The Labute approximate surface area is 118 Å². The van der Waals surface area contributed by atoms with E-state index in [2.05, 4.69) is 57.3 Å². The minimum absolute atomic E-state index is 0.0742. The number of rotatable bonds is 8. The lowest BCUT2D eigenvalue weighted by Gasteiger charge is -2.29. The Morgan fingerprint density at radius 1 is 1.32 bits per heavy atom. The molecule has 108 valence electrons. The molecule has 1 atom stereocenters. The molecule has 0 radical (unpaired) electrons. The van der Waals surface area contributed by atoms with E-state index in [0.29, 0.717) is 6.04 Å². The van der Waals surface area contributed by atoms with Gasteiger partial charge in [-0.25, -0.2) is 0 Å². The molecule has 1 rings (SSSR count). The summed E-state index contributed by atoms with van der Waals surface area (Å²) in [5, 5.41) is 3.65. The normalized spacial score (nSPS) is 13.5. The highest BCUT2D eigenvalue weighted by atomic mass is 16.5. The van der Waals surface area contributed by atoms with Crippen molar-refractivity contribution >= 4 is 0 Å². The van der Waals surface area contributed by atoms with Gasteiger partial charge in [-0.1, -0.05) is 36.8 Å². The number of benzene rings is 1. The molecule has 0 aliphatic rings. The molecule has 0 spiro atoms. The maximum Gasteiger partial charge on any atom is 0.0637 e. The van der Waals surface area contributed by atoms with Crippen molar-refractivity contribution in [3.05, 3.63) is 35.4 Å². The maximum absolute atomic E-state index is 5.57. The first kappa shape index (κ1) is 16.2. The lowest BCUT2D eigenvalue weighted by Crippen LogP contribution is -2.39. The van der Waals surface area contributed by atoms with Crippen molar-refractivity contribution in [2.45, 2.75) is 58.6 Å². The smallest absolute Gasteiger partial charge is 0.0637 e. The van der Waals surface area contributed by atoms with Crippen LogP contribution >= 0.6 is 0 Å². The van der Waals surface area contributed by atoms with E-state index in [0.717, 1.165) is 25.8 Å². The molecule has 1 aromatic rings. The van der Waals surface area contributed by atoms with E-state index >= 15 is 0 Å². The molecule has 0 aliphatic carbocycles. The minimum Gasteiger partial charge on any atom is -0.379 e. The predicted molar refractivity (Wildman–Crippen MR) is 82.7 cm³/mol. The molecule has 1 aromatic carbocycles. The van der Waals surface area contributed by atoms with Gasteiger partial charge in [0, 0.05) is 13.2 Å². The van der Waals surface area contributed by atoms with Gasteiger partial charge in [-0.2, -0.15) is 0 Å². The molecule has 2 heteroatoms. The average Bonchev–Trinajstić information content (AvgIpc) is 2.35. The summed E-state index contributed by atoms with van der Waals surface area (Å²) >= 11 is 0. The van der Waals surface area contributed by atoms with Gasteiger partial charge >= 0.3 is 0 Å². The van der Waals surface area contributed by atoms with Crippen molar-refractivity contribution in [2.75, 3.05) is 13.7 Å². The van der Waals surface area contributed by atoms with Crippen molar-refractivity contribution < 1.29 is 4.74 Å². The molecule has 0 bridgehead atoms. The number of nitrogens with one attached hydrogen (secondary N) is 1. The molecular weight excluding hydrogens is 234 g/mol. The van der Waals surface area contributed by atoms with Crippen molar-refractivity contribution in [1.82, 2.24) is 5.32 Å². The molecule has 0 saturated carbocycles. The zero-order chi connectivity index (χ0) is 14.3. The second-order valence-corrected chi connectivity index (χ2v) is 6.01. The van der Waals surface area contributed by atoms with Gasteiger partial charge in [0.2, 0.25) is 0 Å². The summed E-state index contributed by atoms with van der Waals surface area (Å²) in [6.45, 7) is 9.74. The van der Waals surface area contributed by atoms with Gasteiger partial charge < -0.3 is 10.1 Å². The Bertz CT molecular complexity index is 373. The average molecular weight is 263 g/mol. The SMILES string of the molecule is CCCNC(Cc1cccc(C)c1)CC(C)(C)OC. The van der Waals surface area contributed by atoms with Gasteiger partial charge in [0.25, 0.3) is 0 Å². The summed E-state index contributed by atoms with van der Waals surface area (Å²) in [6, 6.07) is 9.25. The second-order valence-electron chi connectivity index (χ2n) is 6.01. The van der Waals surface area contributed by atoms with Crippen LogP contribution in [0, 0.1) is 6.92 Å². The molecule has 0 aliphatic heterocycles. The summed E-state index contributed by atoms with van der Waals surface area (Å²) < 4.78 is 5.57. The van der Waals surface area contributed by atoms with Crippen LogP contribution in [0.3, 0.4) is 0 Å². The largest absolute Gasteiger partial charge is 0.379 e. The van der Waals surface area contributed by atoms with Crippen LogP contribution in [0.15, 0.2) is 24.3 Å². The van der Waals surface area contributed by atoms with Gasteiger partial charge in [0.05, 0.1) is 5.60 Å². The fourth-order valence-electron chi connectivity index (χ4n) is 2.37. The number of hydrogen-bond donors (Lipinski definition) is 1. The first-order valence-corrected chi connectivity index (χ1v) is 7.31. The van der Waals surface area contributed by atoms with E-state index in [1.807, 2.05) is 0 Å². The van der Waals surface area contributed by atoms with Gasteiger partial charge in [-0.05, 0) is 52.1 Å². The van der Waals surface area contributed by atoms with Crippen molar-refractivity contribution in [2.24, 2.45) is 0 Å². The number of hydrogen-bond acceptors (Lipinski definition) is 2. The van der Waals surface area contributed by atoms with Crippen LogP contribution in [0.4, 0.5) is 0 Å². The number of methoxy groups -OCH3 is 1. The monoisotopic (exact) mass is 263 g/mol. The third-order valence-electron chi connectivity index (χ3n) is 3.54. The fourth-order valence-corrected chi connectivity index (χ4v) is 2.37. The lowest BCUT2D eigenvalue weighted by molar-refractivity contribution is 0.00714. The molecule has 0 aromatic heterocycles. The highest BCUT2D eigenvalue weighted by molar-refractivity contribution is 5.23. The Morgan fingerprint density at radius 2 is 2.05 bits per heavy atom. The zero-order valence-electron chi connectivity index (χ0n) is 13.1. The van der Waals surface area contributed by atoms with Crippen LogP contribution in [-0.2, 0) is 11.2 Å². The van der Waals surface area contributed by atoms with E-state index in [1.165, 1.54) is 11.1 Å². The second kappa shape index (κ2) is 7.66. The topological polar surface area (TPSA) is 21.3 Å². The summed E-state index contributed by atoms with van der Waals surface area (Å²) in [7, 11) is 1.80. The summed E-state index contributed by atoms with van der Waals surface area (Å²) in [6.07, 6.45) is 3.25. The van der Waals surface area contributed by atoms with Crippen molar-refractivity contribution in [3.8, 4) is 0 Å². The van der Waals surface area contributed by atoms with Crippen molar-refractivity contribution in [1.29, 1.82) is 0 Å². The first-order chi connectivity index (χ1) is 8.96.